The van der Waals surface area contributed by atoms with Gasteiger partial charge in [0.1, 0.15) is 6.54 Å². The Kier molecular flexibility index (Phi) is 40.5. The van der Waals surface area contributed by atoms with Gasteiger partial charge in [0.15, 0.2) is 0 Å². The minimum atomic E-state index is -6.90. The van der Waals surface area contributed by atoms with Crippen LogP contribution < -0.4 is 49.2 Å². The summed E-state index contributed by atoms with van der Waals surface area (Å²) < 4.78 is 391. The Morgan fingerprint density at radius 1 is 0.518 bits per heavy atom. The van der Waals surface area contributed by atoms with Gasteiger partial charge in [-0.2, -0.15) is 105 Å². The fourth-order valence-corrected chi connectivity index (χ4v) is 9.31. The minimum absolute atomic E-state index is 0. The maximum Gasteiger partial charge on any atom is 1.00 e. The topological polar surface area (TPSA) is 196 Å². The van der Waals surface area contributed by atoms with Gasteiger partial charge in [-0.1, -0.05) is 12.8 Å². The number of halogens is 27. The smallest absolute Gasteiger partial charge is 0.549 e. The molecule has 0 amide bonds. The molecule has 4 atom stereocenters. The summed E-state index contributed by atoms with van der Waals surface area (Å²) in [4.78, 5) is 21.5. The maximum atomic E-state index is 13.9. The van der Waals surface area contributed by atoms with E-state index in [0.29, 0.717) is 13.0 Å². The minimum Gasteiger partial charge on any atom is -0.549 e. The van der Waals surface area contributed by atoms with Crippen LogP contribution in [0.15, 0.2) is 0 Å². The summed E-state index contributed by atoms with van der Waals surface area (Å²) in [6.45, 7) is 2.06. The van der Waals surface area contributed by atoms with Crippen molar-refractivity contribution in [3.05, 3.63) is 0 Å². The van der Waals surface area contributed by atoms with Crippen LogP contribution in [0.1, 0.15) is 84.0 Å². The summed E-state index contributed by atoms with van der Waals surface area (Å²) in [6, 6.07) is 0. The summed E-state index contributed by atoms with van der Waals surface area (Å²) >= 11 is 4.67. The van der Waals surface area contributed by atoms with Crippen molar-refractivity contribution in [2.75, 3.05) is 84.9 Å². The van der Waals surface area contributed by atoms with Gasteiger partial charge in [-0.3, -0.25) is 0 Å². The molecule has 3 N–H and O–H groups in total. The summed E-state index contributed by atoms with van der Waals surface area (Å²) in [5.41, 5.74) is -12.8. The van der Waals surface area contributed by atoms with Gasteiger partial charge in [-0.25, -0.2) is 35.1 Å². The maximum absolute atomic E-state index is 13.9. The number of hydrogen-bond donors (Lipinski definition) is 3. The molecular weight excluding hydrogens is 1320 g/mol. The van der Waals surface area contributed by atoms with Gasteiger partial charge in [0.2, 0.25) is 20.0 Å². The van der Waals surface area contributed by atoms with Gasteiger partial charge in [0, 0.05) is 39.0 Å². The van der Waals surface area contributed by atoms with Crippen LogP contribution >= 0.6 is 11.6 Å². The van der Waals surface area contributed by atoms with Gasteiger partial charge in [0.05, 0.1) is 73.6 Å². The van der Waals surface area contributed by atoms with Crippen molar-refractivity contribution in [1.29, 1.82) is 0 Å². The number of carbonyl (C=O) groups excluding carboxylic acids is 2. The first-order valence-electron chi connectivity index (χ1n) is 24.0. The second kappa shape index (κ2) is 37.4. The molecule has 0 aromatic heterocycles. The molecule has 85 heavy (non-hydrogen) atoms. The number of rotatable bonds is 31. The molecule has 0 saturated heterocycles. The predicted octanol–water partition coefficient (Wildman–Crippen LogP) is 6.24. The fourth-order valence-electron chi connectivity index (χ4n) is 6.94. The largest absolute Gasteiger partial charge is 1.00 e. The molecule has 0 spiro atoms. The van der Waals surface area contributed by atoms with Gasteiger partial charge in [-0.15, -0.1) is 11.6 Å². The van der Waals surface area contributed by atoms with E-state index in [1.807, 2.05) is 0 Å². The third-order valence-electron chi connectivity index (χ3n) is 11.3. The van der Waals surface area contributed by atoms with Crippen LogP contribution in [-0.4, -0.2) is 189 Å². The molecule has 13 nitrogen and oxygen atoms in total. The van der Waals surface area contributed by atoms with E-state index in [1.54, 1.807) is 25.9 Å². The van der Waals surface area contributed by atoms with E-state index in [4.69, 9.17) is 15.0 Å². The number of aliphatic hydroxyl groups excluding tert-OH is 1. The van der Waals surface area contributed by atoms with E-state index in [-0.39, 0.29) is 73.2 Å². The molecule has 0 aliphatic carbocycles. The number of aliphatic carboxylic acids is 2. The number of quaternary nitrogens is 1. The number of aliphatic hydroxyl groups is 1. The van der Waals surface area contributed by atoms with Crippen molar-refractivity contribution >= 4 is 43.6 Å². The molecule has 508 valence electrons. The van der Waals surface area contributed by atoms with E-state index in [0.717, 1.165) is 0 Å². The Morgan fingerprint density at radius 3 is 1.01 bits per heavy atom. The van der Waals surface area contributed by atoms with E-state index >= 15 is 0 Å². The van der Waals surface area contributed by atoms with E-state index in [9.17, 15) is 141 Å². The zero-order valence-corrected chi connectivity index (χ0v) is 50.2. The fraction of sp³-hybridized carbons (Fsp3) is 0.952. The van der Waals surface area contributed by atoms with Crippen molar-refractivity contribution < 1.29 is 190 Å². The number of alkyl halides is 27. The Bertz CT molecular complexity index is 2080. The molecule has 0 aliphatic rings. The Balaban J connectivity index is -0.000000441. The molecule has 0 aromatic rings. The number of nitrogens with one attached hydrogen (secondary N) is 2. The summed E-state index contributed by atoms with van der Waals surface area (Å²) in [5, 5.41) is 27.3. The molecule has 0 aromatic carbocycles. The number of hydrogen-bond acceptors (Lipinski definition) is 10. The second-order valence-electron chi connectivity index (χ2n) is 19.4. The van der Waals surface area contributed by atoms with Crippen molar-refractivity contribution in [2.45, 2.75) is 145 Å². The molecule has 0 radical (unpaired) electrons. The van der Waals surface area contributed by atoms with Crippen LogP contribution in [0.25, 0.3) is 0 Å². The first-order chi connectivity index (χ1) is 37.1. The van der Waals surface area contributed by atoms with E-state index < -0.39 is 198 Å². The molecule has 4 unspecified atom stereocenters. The monoisotopic (exact) mass is 1380 g/mol. The average molecular weight is 1390 g/mol. The van der Waals surface area contributed by atoms with Crippen molar-refractivity contribution in [2.24, 2.45) is 23.7 Å². The number of likely N-dealkylation sites (N-methyl/N-ethyl adjacent to an activating group) is 1. The summed E-state index contributed by atoms with van der Waals surface area (Å²) in [5.74, 6) is -18.6. The quantitative estimate of drug-likeness (QED) is 0.0235. The Hall–Kier alpha value is -1.89. The number of nitrogens with zero attached hydrogens (tertiary/aromatic N) is 2. The van der Waals surface area contributed by atoms with Gasteiger partial charge in [0.25, 0.3) is 11.3 Å². The zero-order chi connectivity index (χ0) is 67.8. The molecular formula is C42H64ClF26N4NaO9S2. The van der Waals surface area contributed by atoms with Crippen LogP contribution in [0.4, 0.5) is 114 Å². The first-order valence-corrected chi connectivity index (χ1v) is 27.8. The SMILES string of the molecule is CCO.CN(C)CCCNS(=O)(=O)CCCCC(CC(CC(F)(C(F)(F)F)C(F)(F)F)C(F)(F)F)C(F)(F)F.C[N+](C)(CCCNS(=O)(=O)CCCCC(CC(CC(F)(C(F)(F)F)C(F)(F)F)C(F)(F)F)C(F)(F)F)CC(=O)[O-].O=C([O-])CCl.[Na+]. The molecule has 0 rings (SSSR count). The van der Waals surface area contributed by atoms with Gasteiger partial charge in [-0.05, 0) is 72.5 Å². The number of carboxylic acid groups (broad SMARTS) is 2. The van der Waals surface area contributed by atoms with Crippen LogP contribution in [0.2, 0.25) is 0 Å². The molecule has 0 heterocycles. The third-order valence-corrected chi connectivity index (χ3v) is 14.5. The first kappa shape index (κ1) is 91.8. The summed E-state index contributed by atoms with van der Waals surface area (Å²) in [6.07, 6.45) is -66.3. The van der Waals surface area contributed by atoms with Gasteiger partial charge < -0.3 is 34.3 Å². The van der Waals surface area contributed by atoms with E-state index in [2.05, 4.69) is 21.0 Å². The predicted molar refractivity (Wildman–Crippen MR) is 243 cm³/mol. The zero-order valence-electron chi connectivity index (χ0n) is 45.8. The van der Waals surface area contributed by atoms with Crippen molar-refractivity contribution in [1.82, 2.24) is 14.3 Å². The van der Waals surface area contributed by atoms with Crippen LogP contribution in [-0.2, 0) is 29.6 Å². The van der Waals surface area contributed by atoms with Crippen LogP contribution in [0.3, 0.4) is 0 Å². The molecule has 0 aliphatic heterocycles. The summed E-state index contributed by atoms with van der Waals surface area (Å²) in [7, 11) is -1.58. The molecule has 0 bridgehead atoms. The Labute approximate surface area is 499 Å². The van der Waals surface area contributed by atoms with Crippen molar-refractivity contribution in [3.8, 4) is 0 Å². The number of unbranched alkanes of at least 4 members (excludes halogenated alkanes) is 2. The van der Waals surface area contributed by atoms with Crippen LogP contribution in [0, 0.1) is 23.7 Å². The molecule has 0 saturated carbocycles. The third kappa shape index (κ3) is 39.1. The normalized spacial score (nSPS) is 15.2. The number of carboxylic acids is 2. The second-order valence-corrected chi connectivity index (χ2v) is 23.5. The Morgan fingerprint density at radius 2 is 0.788 bits per heavy atom. The molecule has 0 fully saturated rings. The number of sulfonamides is 2. The van der Waals surface area contributed by atoms with Crippen molar-refractivity contribution in [3.63, 3.8) is 0 Å². The van der Waals surface area contributed by atoms with E-state index in [1.165, 1.54) is 14.1 Å². The van der Waals surface area contributed by atoms with Crippen LogP contribution in [0.5, 0.6) is 0 Å². The van der Waals surface area contributed by atoms with Gasteiger partial charge >= 0.3 is 79.0 Å². The standard InChI is InChI=1S/C20H29F13N2O4S.C18H27F13N2O2S.C2H3ClO2.C2H6O.Na/c1-35(2,12-15(36)37)8-5-7-34-40(38,39)9-4-3-6-13(17(22,23)24)10-14(18(25,26)27)11-16(21,19(28,29)30)20(31,32)33;1-33(2)8-5-7-32-36(34,35)9-4-3-6-12(15(20,21)22)10-13(16(23,24)25)11-14(19,17(26,27)28)18(29,30)31;3-1-2(4)5;1-2-3;/h13-14,34H,3-12H2,1-2H3;12-13,32H,3-11H2,1-2H3;1H2,(H,4,5);3H,2H2,1H3;/q;;;;+1/p-1. The average Bonchev–Trinajstić information content (AvgIpc) is 3.25. The molecule has 43 heteroatoms. The number of carbonyl (C=O) groups is 2.